The SMILES string of the molecule is COCCNC(=O)CCNc1nccc(C(F)(F)F)n1. The number of alkyl halides is 3. The van der Waals surface area contributed by atoms with Crippen LogP contribution in [0.1, 0.15) is 12.1 Å². The number of aromatic nitrogens is 2. The van der Waals surface area contributed by atoms with Crippen LogP contribution < -0.4 is 10.6 Å². The third-order valence-corrected chi connectivity index (χ3v) is 2.21. The number of carbonyl (C=O) groups is 1. The molecule has 1 aromatic heterocycles. The molecule has 0 aliphatic rings. The Labute approximate surface area is 113 Å². The molecule has 0 fully saturated rings. The van der Waals surface area contributed by atoms with Crippen molar-refractivity contribution in [3.63, 3.8) is 0 Å². The molecule has 0 aromatic carbocycles. The van der Waals surface area contributed by atoms with Crippen LogP contribution in [-0.4, -0.2) is 42.7 Å². The maximum atomic E-state index is 12.4. The minimum atomic E-state index is -4.52. The van der Waals surface area contributed by atoms with E-state index < -0.39 is 11.9 Å². The molecule has 0 unspecified atom stereocenters. The van der Waals surface area contributed by atoms with Crippen LogP contribution in [0.4, 0.5) is 19.1 Å². The Hall–Kier alpha value is -1.90. The van der Waals surface area contributed by atoms with Crippen molar-refractivity contribution in [2.24, 2.45) is 0 Å². The van der Waals surface area contributed by atoms with Crippen LogP contribution in [-0.2, 0) is 15.7 Å². The lowest BCUT2D eigenvalue weighted by Gasteiger charge is -2.08. The van der Waals surface area contributed by atoms with E-state index >= 15 is 0 Å². The largest absolute Gasteiger partial charge is 0.433 e. The van der Waals surface area contributed by atoms with Gasteiger partial charge in [-0.05, 0) is 6.07 Å². The molecule has 0 radical (unpaired) electrons. The van der Waals surface area contributed by atoms with Crippen molar-refractivity contribution in [2.45, 2.75) is 12.6 Å². The van der Waals surface area contributed by atoms with Gasteiger partial charge in [0.15, 0.2) is 0 Å². The first kappa shape index (κ1) is 16.2. The number of rotatable bonds is 7. The summed E-state index contributed by atoms with van der Waals surface area (Å²) in [6.45, 7) is 0.922. The molecule has 20 heavy (non-hydrogen) atoms. The lowest BCUT2D eigenvalue weighted by atomic mass is 10.4. The maximum absolute atomic E-state index is 12.4. The molecule has 0 atom stereocenters. The van der Waals surface area contributed by atoms with Crippen LogP contribution in [0.15, 0.2) is 12.3 Å². The number of hydrogen-bond acceptors (Lipinski definition) is 5. The molecule has 112 valence electrons. The monoisotopic (exact) mass is 292 g/mol. The second-order valence-corrected chi connectivity index (χ2v) is 3.78. The molecule has 6 nitrogen and oxygen atoms in total. The van der Waals surface area contributed by atoms with Gasteiger partial charge in [-0.3, -0.25) is 4.79 Å². The van der Waals surface area contributed by atoms with E-state index in [0.717, 1.165) is 12.3 Å². The summed E-state index contributed by atoms with van der Waals surface area (Å²) in [5.41, 5.74) is -1.03. The summed E-state index contributed by atoms with van der Waals surface area (Å²) in [7, 11) is 1.51. The second-order valence-electron chi connectivity index (χ2n) is 3.78. The summed E-state index contributed by atoms with van der Waals surface area (Å²) in [6, 6.07) is 0.780. The molecule has 2 N–H and O–H groups in total. The molecule has 1 amide bonds. The third-order valence-electron chi connectivity index (χ3n) is 2.21. The Morgan fingerprint density at radius 3 is 2.80 bits per heavy atom. The molecule has 9 heteroatoms. The molecule has 1 rings (SSSR count). The zero-order valence-electron chi connectivity index (χ0n) is 10.8. The Bertz CT molecular complexity index is 440. The molecule has 1 heterocycles. The van der Waals surface area contributed by atoms with Crippen molar-refractivity contribution in [3.05, 3.63) is 18.0 Å². The van der Waals surface area contributed by atoms with Gasteiger partial charge in [0, 0.05) is 32.8 Å². The van der Waals surface area contributed by atoms with E-state index in [2.05, 4.69) is 20.6 Å². The zero-order valence-corrected chi connectivity index (χ0v) is 10.8. The van der Waals surface area contributed by atoms with Crippen LogP contribution in [0.5, 0.6) is 0 Å². The first-order valence-electron chi connectivity index (χ1n) is 5.83. The summed E-state index contributed by atoms with van der Waals surface area (Å²) < 4.78 is 41.9. The first-order valence-corrected chi connectivity index (χ1v) is 5.83. The fraction of sp³-hybridized carbons (Fsp3) is 0.545. The van der Waals surface area contributed by atoms with Crippen molar-refractivity contribution >= 4 is 11.9 Å². The molecule has 0 spiro atoms. The number of anilines is 1. The van der Waals surface area contributed by atoms with Gasteiger partial charge in [-0.2, -0.15) is 13.2 Å². The fourth-order valence-corrected chi connectivity index (χ4v) is 1.27. The number of carbonyl (C=O) groups excluding carboxylic acids is 1. The average Bonchev–Trinajstić information content (AvgIpc) is 2.38. The number of amides is 1. The number of nitrogens with one attached hydrogen (secondary N) is 2. The van der Waals surface area contributed by atoms with Gasteiger partial charge < -0.3 is 15.4 Å². The predicted octanol–water partition coefficient (Wildman–Crippen LogP) is 1.06. The molecule has 1 aromatic rings. The van der Waals surface area contributed by atoms with Crippen molar-refractivity contribution < 1.29 is 22.7 Å². The van der Waals surface area contributed by atoms with Crippen molar-refractivity contribution in [1.82, 2.24) is 15.3 Å². The number of methoxy groups -OCH3 is 1. The van der Waals surface area contributed by atoms with Crippen LogP contribution in [0.2, 0.25) is 0 Å². The lowest BCUT2D eigenvalue weighted by Crippen LogP contribution is -2.28. The molecule has 0 aliphatic heterocycles. The van der Waals surface area contributed by atoms with Crippen molar-refractivity contribution in [3.8, 4) is 0 Å². The quantitative estimate of drug-likeness (QED) is 0.735. The predicted molar refractivity (Wildman–Crippen MR) is 65.0 cm³/mol. The molecule has 0 bridgehead atoms. The second kappa shape index (κ2) is 7.63. The average molecular weight is 292 g/mol. The maximum Gasteiger partial charge on any atom is 0.433 e. The van der Waals surface area contributed by atoms with E-state index in [1.54, 1.807) is 0 Å². The summed E-state index contributed by atoms with van der Waals surface area (Å²) in [5, 5.41) is 5.14. The van der Waals surface area contributed by atoms with Crippen LogP contribution in [0.3, 0.4) is 0 Å². The Morgan fingerprint density at radius 2 is 2.15 bits per heavy atom. The zero-order chi connectivity index (χ0) is 15.0. The van der Waals surface area contributed by atoms with E-state index in [-0.39, 0.29) is 24.8 Å². The minimum Gasteiger partial charge on any atom is -0.383 e. The normalized spacial score (nSPS) is 11.2. The third kappa shape index (κ3) is 5.83. The first-order chi connectivity index (χ1) is 9.43. The number of hydrogen-bond donors (Lipinski definition) is 2. The highest BCUT2D eigenvalue weighted by Crippen LogP contribution is 2.27. The van der Waals surface area contributed by atoms with Gasteiger partial charge in [0.05, 0.1) is 6.61 Å². The van der Waals surface area contributed by atoms with Gasteiger partial charge >= 0.3 is 6.18 Å². The van der Waals surface area contributed by atoms with Gasteiger partial charge in [0.1, 0.15) is 5.69 Å². The van der Waals surface area contributed by atoms with Crippen LogP contribution in [0.25, 0.3) is 0 Å². The highest BCUT2D eigenvalue weighted by molar-refractivity contribution is 5.76. The van der Waals surface area contributed by atoms with E-state index in [4.69, 9.17) is 4.74 Å². The van der Waals surface area contributed by atoms with Crippen LogP contribution >= 0.6 is 0 Å². The summed E-state index contributed by atoms with van der Waals surface area (Å²) in [4.78, 5) is 18.3. The van der Waals surface area contributed by atoms with Gasteiger partial charge in [-0.25, -0.2) is 9.97 Å². The van der Waals surface area contributed by atoms with Gasteiger partial charge in [0.2, 0.25) is 11.9 Å². The molecule has 0 aliphatic carbocycles. The van der Waals surface area contributed by atoms with E-state index in [1.165, 1.54) is 7.11 Å². The minimum absolute atomic E-state index is 0.101. The number of ether oxygens (including phenoxy) is 1. The topological polar surface area (TPSA) is 76.1 Å². The summed E-state index contributed by atoms with van der Waals surface area (Å²) in [6.07, 6.45) is -3.41. The highest BCUT2D eigenvalue weighted by Gasteiger charge is 2.32. The standard InChI is InChI=1S/C11H15F3N4O2/c1-20-7-6-15-9(19)3-5-17-10-16-4-2-8(18-10)11(12,13)14/h2,4H,3,5-7H2,1H3,(H,15,19)(H,16,17,18). The van der Waals surface area contributed by atoms with E-state index in [1.807, 2.05) is 0 Å². The Balaban J connectivity index is 2.37. The van der Waals surface area contributed by atoms with Crippen molar-refractivity contribution in [1.29, 1.82) is 0 Å². The Kier molecular flexibility index (Phi) is 6.16. The molecular formula is C11H15F3N4O2. The smallest absolute Gasteiger partial charge is 0.383 e. The fourth-order valence-electron chi connectivity index (χ4n) is 1.27. The lowest BCUT2D eigenvalue weighted by molar-refractivity contribution is -0.141. The molecule has 0 saturated heterocycles. The molecular weight excluding hydrogens is 277 g/mol. The van der Waals surface area contributed by atoms with Gasteiger partial charge in [0.25, 0.3) is 0 Å². The van der Waals surface area contributed by atoms with E-state index in [0.29, 0.717) is 13.2 Å². The highest BCUT2D eigenvalue weighted by atomic mass is 19.4. The van der Waals surface area contributed by atoms with Crippen molar-refractivity contribution in [2.75, 3.05) is 32.1 Å². The number of nitrogens with zero attached hydrogens (tertiary/aromatic N) is 2. The van der Waals surface area contributed by atoms with Gasteiger partial charge in [-0.1, -0.05) is 0 Å². The summed E-state index contributed by atoms with van der Waals surface area (Å²) in [5.74, 6) is -0.397. The summed E-state index contributed by atoms with van der Waals surface area (Å²) >= 11 is 0. The number of halogens is 3. The molecule has 0 saturated carbocycles. The van der Waals surface area contributed by atoms with E-state index in [9.17, 15) is 18.0 Å². The van der Waals surface area contributed by atoms with Gasteiger partial charge in [-0.15, -0.1) is 0 Å². The Morgan fingerprint density at radius 1 is 1.40 bits per heavy atom. The van der Waals surface area contributed by atoms with Crippen LogP contribution in [0, 0.1) is 0 Å².